The number of rotatable bonds is 3. The van der Waals surface area contributed by atoms with Crippen LogP contribution in [-0.4, -0.2) is 17.3 Å². The van der Waals surface area contributed by atoms with Crippen LogP contribution in [0.2, 0.25) is 0 Å². The lowest BCUT2D eigenvalue weighted by Gasteiger charge is -2.03. The predicted octanol–water partition coefficient (Wildman–Crippen LogP) is 2.57. The van der Waals surface area contributed by atoms with Gasteiger partial charge in [-0.3, -0.25) is 4.79 Å². The zero-order valence-corrected chi connectivity index (χ0v) is 11.2. The van der Waals surface area contributed by atoms with Crippen LogP contribution in [-0.2, 0) is 4.79 Å². The maximum absolute atomic E-state index is 11.9. The fraction of sp³-hybridized carbons (Fsp3) is 0.0714. The van der Waals surface area contributed by atoms with Crippen LogP contribution >= 0.6 is 11.8 Å². The van der Waals surface area contributed by atoms with Crippen LogP contribution in [0, 0.1) is 0 Å². The second-order valence-electron chi connectivity index (χ2n) is 4.06. The van der Waals surface area contributed by atoms with E-state index < -0.39 is 0 Å². The number of nitrogens with zero attached hydrogens (tertiary/aromatic N) is 2. The molecule has 1 aliphatic heterocycles. The van der Waals surface area contributed by atoms with Crippen LogP contribution < -0.4 is 5.32 Å². The summed E-state index contributed by atoms with van der Waals surface area (Å²) in [5.41, 5.74) is 0.954. The second kappa shape index (κ2) is 5.75. The van der Waals surface area contributed by atoms with Gasteiger partial charge < -0.3 is 9.73 Å². The quantitative estimate of drug-likeness (QED) is 0.696. The molecule has 2 heterocycles. The number of hydrogen-bond donors (Lipinski definition) is 1. The summed E-state index contributed by atoms with van der Waals surface area (Å²) in [4.78, 5) is 11.9. The van der Waals surface area contributed by atoms with E-state index in [0.717, 1.165) is 5.56 Å². The van der Waals surface area contributed by atoms with E-state index in [1.54, 1.807) is 18.4 Å². The molecule has 100 valence electrons. The van der Waals surface area contributed by atoms with Gasteiger partial charge in [0.2, 0.25) is 5.91 Å². The number of furan rings is 1. The first-order valence-corrected chi connectivity index (χ1v) is 6.88. The number of carbonyl (C=O) groups excluding carboxylic acids is 1. The van der Waals surface area contributed by atoms with Crippen LogP contribution in [0.25, 0.3) is 0 Å². The van der Waals surface area contributed by atoms with Crippen molar-refractivity contribution < 1.29 is 9.21 Å². The first kappa shape index (κ1) is 12.7. The maximum atomic E-state index is 11.9. The molecule has 1 aromatic carbocycles. The van der Waals surface area contributed by atoms with Gasteiger partial charge in [0.15, 0.2) is 5.17 Å². The minimum atomic E-state index is -0.270. The Morgan fingerprint density at radius 1 is 1.20 bits per heavy atom. The number of amides is 1. The monoisotopic (exact) mass is 285 g/mol. The van der Waals surface area contributed by atoms with E-state index in [0.29, 0.717) is 10.9 Å². The van der Waals surface area contributed by atoms with Crippen LogP contribution in [0.15, 0.2) is 63.3 Å². The highest BCUT2D eigenvalue weighted by Gasteiger charge is 2.31. The van der Waals surface area contributed by atoms with Gasteiger partial charge in [-0.15, -0.1) is 5.10 Å². The van der Waals surface area contributed by atoms with Crippen molar-refractivity contribution in [2.24, 2.45) is 10.2 Å². The van der Waals surface area contributed by atoms with Gasteiger partial charge in [0.25, 0.3) is 0 Å². The molecule has 1 N–H and O–H groups in total. The first-order valence-electron chi connectivity index (χ1n) is 6.00. The molecule has 0 spiro atoms. The lowest BCUT2D eigenvalue weighted by molar-refractivity contribution is -0.118. The summed E-state index contributed by atoms with van der Waals surface area (Å²) < 4.78 is 5.10. The lowest BCUT2D eigenvalue weighted by Crippen LogP contribution is -2.21. The summed E-state index contributed by atoms with van der Waals surface area (Å²) in [5.74, 6) is 0.538. The number of hydrogen-bond acceptors (Lipinski definition) is 5. The van der Waals surface area contributed by atoms with Gasteiger partial charge in [-0.2, -0.15) is 5.10 Å². The molecular formula is C14H11N3O2S. The molecule has 3 rings (SSSR count). The number of nitrogens with one attached hydrogen (secondary N) is 1. The third-order valence-electron chi connectivity index (χ3n) is 2.68. The minimum Gasteiger partial charge on any atom is -0.463 e. The third kappa shape index (κ3) is 2.80. The number of carbonyl (C=O) groups is 1. The largest absolute Gasteiger partial charge is 0.463 e. The Morgan fingerprint density at radius 3 is 2.80 bits per heavy atom. The average molecular weight is 285 g/mol. The van der Waals surface area contributed by atoms with E-state index in [-0.39, 0.29) is 11.2 Å². The normalized spacial score (nSPS) is 20.7. The Balaban J connectivity index is 1.70. The summed E-state index contributed by atoms with van der Waals surface area (Å²) in [6.45, 7) is 0. The molecule has 0 saturated carbocycles. The molecular weight excluding hydrogens is 274 g/mol. The van der Waals surface area contributed by atoms with Crippen molar-refractivity contribution in [2.75, 3.05) is 0 Å². The Morgan fingerprint density at radius 2 is 2.05 bits per heavy atom. The average Bonchev–Trinajstić information content (AvgIpc) is 3.10. The smallest absolute Gasteiger partial charge is 0.244 e. The van der Waals surface area contributed by atoms with Crippen LogP contribution in [0.3, 0.4) is 0 Å². The Hall–Kier alpha value is -2.34. The van der Waals surface area contributed by atoms with E-state index >= 15 is 0 Å². The van der Waals surface area contributed by atoms with Gasteiger partial charge in [0.1, 0.15) is 11.0 Å². The molecule has 1 fully saturated rings. The van der Waals surface area contributed by atoms with Crippen LogP contribution in [0.1, 0.15) is 16.6 Å². The summed E-state index contributed by atoms with van der Waals surface area (Å²) >= 11 is 1.35. The topological polar surface area (TPSA) is 67.0 Å². The van der Waals surface area contributed by atoms with Gasteiger partial charge in [-0.1, -0.05) is 42.1 Å². The minimum absolute atomic E-state index is 0.0758. The van der Waals surface area contributed by atoms with Crippen LogP contribution in [0.4, 0.5) is 0 Å². The molecule has 6 heteroatoms. The summed E-state index contributed by atoms with van der Waals surface area (Å²) in [6.07, 6.45) is 3.06. The van der Waals surface area contributed by atoms with Gasteiger partial charge in [-0.05, 0) is 17.7 Å². The van der Waals surface area contributed by atoms with E-state index in [1.165, 1.54) is 18.0 Å². The molecule has 20 heavy (non-hydrogen) atoms. The first-order chi connectivity index (χ1) is 9.83. The zero-order valence-electron chi connectivity index (χ0n) is 10.4. The van der Waals surface area contributed by atoms with E-state index in [9.17, 15) is 4.79 Å². The lowest BCUT2D eigenvalue weighted by atomic mass is 10.1. The Kier molecular flexibility index (Phi) is 3.64. The maximum Gasteiger partial charge on any atom is 0.244 e. The molecule has 0 unspecified atom stereocenters. The number of amidine groups is 1. The number of benzene rings is 1. The summed E-state index contributed by atoms with van der Waals surface area (Å²) in [6, 6.07) is 13.1. The molecule has 2 aromatic rings. The fourth-order valence-corrected chi connectivity index (χ4v) is 2.70. The van der Waals surface area contributed by atoms with Crippen LogP contribution in [0.5, 0.6) is 0 Å². The SMILES string of the molecule is O=C1N/C(=N\N=Cc2ccco2)S[C@H]1c1ccccc1. The molecule has 1 atom stereocenters. The third-order valence-corrected chi connectivity index (χ3v) is 3.81. The van der Waals surface area contributed by atoms with E-state index in [2.05, 4.69) is 15.5 Å². The van der Waals surface area contributed by atoms with Crippen molar-refractivity contribution in [1.82, 2.24) is 5.32 Å². The standard InChI is InChI=1S/C14H11N3O2S/c18-13-12(10-5-2-1-3-6-10)20-14(16-13)17-15-9-11-7-4-8-19-11/h1-9,12H,(H,16,17,18)/t12-/m0/s1. The van der Waals surface area contributed by atoms with Crippen molar-refractivity contribution >= 4 is 29.1 Å². The highest BCUT2D eigenvalue weighted by Crippen LogP contribution is 2.34. The Labute approximate surface area is 119 Å². The number of thioether (sulfide) groups is 1. The Bertz CT molecular complexity index is 650. The highest BCUT2D eigenvalue weighted by molar-refractivity contribution is 8.15. The molecule has 1 amide bonds. The van der Waals surface area contributed by atoms with Gasteiger partial charge in [0.05, 0.1) is 12.5 Å². The van der Waals surface area contributed by atoms with E-state index in [4.69, 9.17) is 4.42 Å². The van der Waals surface area contributed by atoms with Gasteiger partial charge in [-0.25, -0.2) is 0 Å². The van der Waals surface area contributed by atoms with Crippen molar-refractivity contribution in [3.8, 4) is 0 Å². The molecule has 1 aliphatic rings. The van der Waals surface area contributed by atoms with E-state index in [1.807, 2.05) is 30.3 Å². The highest BCUT2D eigenvalue weighted by atomic mass is 32.2. The molecule has 0 radical (unpaired) electrons. The molecule has 1 aromatic heterocycles. The van der Waals surface area contributed by atoms with Gasteiger partial charge >= 0.3 is 0 Å². The van der Waals surface area contributed by atoms with Gasteiger partial charge in [0, 0.05) is 0 Å². The summed E-state index contributed by atoms with van der Waals surface area (Å²) in [5, 5.41) is 10.8. The van der Waals surface area contributed by atoms with Crippen molar-refractivity contribution in [3.05, 3.63) is 60.1 Å². The zero-order chi connectivity index (χ0) is 13.8. The molecule has 5 nitrogen and oxygen atoms in total. The molecule has 0 aliphatic carbocycles. The molecule has 1 saturated heterocycles. The molecule has 0 bridgehead atoms. The summed E-state index contributed by atoms with van der Waals surface area (Å²) in [7, 11) is 0. The fourth-order valence-electron chi connectivity index (χ4n) is 1.76. The van der Waals surface area contributed by atoms with Crippen molar-refractivity contribution in [3.63, 3.8) is 0 Å². The van der Waals surface area contributed by atoms with Crippen molar-refractivity contribution in [1.29, 1.82) is 0 Å². The van der Waals surface area contributed by atoms with Crippen molar-refractivity contribution in [2.45, 2.75) is 5.25 Å². The predicted molar refractivity (Wildman–Crippen MR) is 78.7 cm³/mol. The second-order valence-corrected chi connectivity index (χ2v) is 5.16.